The molecule has 3 saturated heterocycles. The number of carbonyl (C=O) groups excluding carboxylic acids is 2. The van der Waals surface area contributed by atoms with Gasteiger partial charge in [0.05, 0.1) is 28.8 Å². The first-order valence-corrected chi connectivity index (χ1v) is 12.3. The second-order valence-corrected chi connectivity index (χ2v) is 11.8. The Labute approximate surface area is 187 Å². The van der Waals surface area contributed by atoms with Crippen molar-refractivity contribution in [3.63, 3.8) is 0 Å². The van der Waals surface area contributed by atoms with Crippen LogP contribution in [0.15, 0.2) is 11.6 Å². The SMILES string of the molecule is C[C@@]12O[C@H]3C[C@@H](O1)[C@]1(C=O)[C@H]4CC[C@]5(C)[C@@H](C6=CC(=O)OC6)CC[C@]5(O)[C@@H]4CC[C@@]1(C3)O2. The van der Waals surface area contributed by atoms with E-state index in [1.54, 1.807) is 6.08 Å². The van der Waals surface area contributed by atoms with Crippen molar-refractivity contribution in [3.05, 3.63) is 11.6 Å². The van der Waals surface area contributed by atoms with Crippen molar-refractivity contribution < 1.29 is 33.6 Å². The highest BCUT2D eigenvalue weighted by Gasteiger charge is 2.79. The molecule has 4 saturated carbocycles. The monoisotopic (exact) mass is 444 g/mol. The summed E-state index contributed by atoms with van der Waals surface area (Å²) in [5.41, 5.74) is -1.48. The van der Waals surface area contributed by atoms with E-state index in [9.17, 15) is 14.7 Å². The van der Waals surface area contributed by atoms with Crippen LogP contribution in [-0.2, 0) is 28.5 Å². The predicted molar refractivity (Wildman–Crippen MR) is 110 cm³/mol. The van der Waals surface area contributed by atoms with Crippen LogP contribution < -0.4 is 0 Å². The van der Waals surface area contributed by atoms with Crippen molar-refractivity contribution in [3.8, 4) is 0 Å². The largest absolute Gasteiger partial charge is 0.458 e. The first-order valence-electron chi connectivity index (χ1n) is 12.3. The summed E-state index contributed by atoms with van der Waals surface area (Å²) in [6.45, 7) is 4.37. The number of fused-ring (bicyclic) bond motifs is 3. The summed E-state index contributed by atoms with van der Waals surface area (Å²) in [5, 5.41) is 12.4. The first kappa shape index (κ1) is 20.1. The predicted octanol–water partition coefficient (Wildman–Crippen LogP) is 2.64. The molecule has 32 heavy (non-hydrogen) atoms. The van der Waals surface area contributed by atoms with Gasteiger partial charge in [-0.25, -0.2) is 4.79 Å². The smallest absolute Gasteiger partial charge is 0.331 e. The third-order valence-electron chi connectivity index (χ3n) is 10.9. The van der Waals surface area contributed by atoms with Gasteiger partial charge in [-0.2, -0.15) is 0 Å². The highest BCUT2D eigenvalue weighted by molar-refractivity contribution is 5.85. The van der Waals surface area contributed by atoms with Gasteiger partial charge < -0.3 is 28.8 Å². The maximum Gasteiger partial charge on any atom is 0.331 e. The lowest BCUT2D eigenvalue weighted by molar-refractivity contribution is -0.542. The van der Waals surface area contributed by atoms with Crippen molar-refractivity contribution >= 4 is 12.3 Å². The van der Waals surface area contributed by atoms with E-state index in [2.05, 4.69) is 6.92 Å². The van der Waals surface area contributed by atoms with Gasteiger partial charge in [0, 0.05) is 31.3 Å². The normalized spacial score (nSPS) is 59.8. The van der Waals surface area contributed by atoms with Crippen LogP contribution in [0.25, 0.3) is 0 Å². The fourth-order valence-corrected chi connectivity index (χ4v) is 9.77. The number of esters is 1. The molecule has 4 aliphatic carbocycles. The van der Waals surface area contributed by atoms with E-state index in [0.29, 0.717) is 19.4 Å². The van der Waals surface area contributed by atoms with Crippen molar-refractivity contribution in [2.24, 2.45) is 28.6 Å². The number of hydrogen-bond acceptors (Lipinski definition) is 7. The van der Waals surface area contributed by atoms with E-state index >= 15 is 0 Å². The highest BCUT2D eigenvalue weighted by Crippen LogP contribution is 2.73. The summed E-state index contributed by atoms with van der Waals surface area (Å²) < 4.78 is 24.0. The lowest BCUT2D eigenvalue weighted by Crippen LogP contribution is -2.81. The molecule has 0 amide bonds. The van der Waals surface area contributed by atoms with Crippen LogP contribution >= 0.6 is 0 Å². The first-order chi connectivity index (χ1) is 15.2. The van der Waals surface area contributed by atoms with Gasteiger partial charge in [0.15, 0.2) is 0 Å². The van der Waals surface area contributed by atoms with Crippen molar-refractivity contribution in [1.82, 2.24) is 0 Å². The Balaban J connectivity index is 1.30. The van der Waals surface area contributed by atoms with Crippen LogP contribution in [-0.4, -0.2) is 53.4 Å². The molecule has 7 heteroatoms. The summed E-state index contributed by atoms with van der Waals surface area (Å²) in [4.78, 5) is 24.8. The Morgan fingerprint density at radius 1 is 1.09 bits per heavy atom. The summed E-state index contributed by atoms with van der Waals surface area (Å²) in [6, 6.07) is 0. The zero-order valence-electron chi connectivity index (χ0n) is 18.8. The lowest BCUT2D eigenvalue weighted by atomic mass is 9.40. The molecule has 7 fully saturated rings. The molecule has 0 radical (unpaired) electrons. The molecule has 8 rings (SSSR count). The van der Waals surface area contributed by atoms with Crippen LogP contribution in [0, 0.1) is 28.6 Å². The minimum Gasteiger partial charge on any atom is -0.458 e. The van der Waals surface area contributed by atoms with E-state index in [0.717, 1.165) is 50.4 Å². The Kier molecular flexibility index (Phi) is 3.68. The Morgan fingerprint density at radius 3 is 2.62 bits per heavy atom. The standard InChI is InChI=1S/C25H32O7/c1-21-6-3-17-18(25(21,28)8-5-16(21)14-9-20(27)29-12-14)4-7-23-11-15-10-19(24(17,23)13-26)31-22(2,30-15)32-23/h9,13,15-19,28H,3-8,10-12H2,1-2H3/t15-,16+,17-,18+,19+,21+,22+,23-,24-,25-/m0/s1. The van der Waals surface area contributed by atoms with E-state index in [4.69, 9.17) is 18.9 Å². The van der Waals surface area contributed by atoms with Crippen molar-refractivity contribution in [2.45, 2.75) is 94.6 Å². The molecule has 174 valence electrons. The van der Waals surface area contributed by atoms with E-state index < -0.39 is 22.6 Å². The maximum atomic E-state index is 13.0. The highest BCUT2D eigenvalue weighted by atomic mass is 16.9. The molecule has 7 nitrogen and oxygen atoms in total. The number of carbonyl (C=O) groups is 2. The zero-order valence-corrected chi connectivity index (χ0v) is 18.8. The quantitative estimate of drug-likeness (QED) is 0.517. The van der Waals surface area contributed by atoms with Crippen LogP contribution in [0.2, 0.25) is 0 Å². The number of cyclic esters (lactones) is 1. The van der Waals surface area contributed by atoms with Gasteiger partial charge in [0.2, 0.25) is 0 Å². The van der Waals surface area contributed by atoms with Crippen LogP contribution in [0.4, 0.5) is 0 Å². The maximum absolute atomic E-state index is 13.0. The summed E-state index contributed by atoms with van der Waals surface area (Å²) in [5.74, 6) is -1.16. The Bertz CT molecular complexity index is 947. The minimum absolute atomic E-state index is 0.0131. The molecule has 1 spiro atoms. The molecule has 0 aromatic heterocycles. The van der Waals surface area contributed by atoms with Crippen molar-refractivity contribution in [1.29, 1.82) is 0 Å². The topological polar surface area (TPSA) is 91.3 Å². The molecule has 1 N–H and O–H groups in total. The van der Waals surface area contributed by atoms with Gasteiger partial charge in [-0.15, -0.1) is 0 Å². The zero-order chi connectivity index (χ0) is 22.1. The molecule has 4 heterocycles. The van der Waals surface area contributed by atoms with E-state index in [1.165, 1.54) is 0 Å². The summed E-state index contributed by atoms with van der Waals surface area (Å²) in [7, 11) is 0. The Morgan fingerprint density at radius 2 is 1.91 bits per heavy atom. The van der Waals surface area contributed by atoms with Gasteiger partial charge >= 0.3 is 5.97 Å². The molecule has 0 unspecified atom stereocenters. The molecule has 0 aromatic carbocycles. The summed E-state index contributed by atoms with van der Waals surface area (Å²) >= 11 is 0. The molecule has 10 atom stereocenters. The molecule has 4 bridgehead atoms. The average molecular weight is 445 g/mol. The average Bonchev–Trinajstić information content (AvgIpc) is 3.26. The second kappa shape index (κ2) is 5.85. The minimum atomic E-state index is -1.06. The number of ether oxygens (including phenoxy) is 4. The molecular formula is C25H32O7. The van der Waals surface area contributed by atoms with Crippen molar-refractivity contribution in [2.75, 3.05) is 6.61 Å². The lowest BCUT2D eigenvalue weighted by Gasteiger charge is -2.73. The fourth-order valence-electron chi connectivity index (χ4n) is 9.77. The third-order valence-corrected chi connectivity index (χ3v) is 10.9. The van der Waals surface area contributed by atoms with Gasteiger partial charge in [-0.3, -0.25) is 0 Å². The fraction of sp³-hybridized carbons (Fsp3) is 0.840. The van der Waals surface area contributed by atoms with E-state index in [1.807, 2.05) is 6.92 Å². The molecule has 4 aliphatic heterocycles. The van der Waals surface area contributed by atoms with Gasteiger partial charge in [0.1, 0.15) is 12.9 Å². The van der Waals surface area contributed by atoms with Crippen LogP contribution in [0.5, 0.6) is 0 Å². The third kappa shape index (κ3) is 2.05. The van der Waals surface area contributed by atoms with Gasteiger partial charge in [-0.1, -0.05) is 6.92 Å². The molecule has 8 aliphatic rings. The Hall–Kier alpha value is -1.28. The number of rotatable bonds is 2. The summed E-state index contributed by atoms with van der Waals surface area (Å²) in [6.07, 6.45) is 8.85. The van der Waals surface area contributed by atoms with E-state index in [-0.39, 0.29) is 41.3 Å². The van der Waals surface area contributed by atoms with Gasteiger partial charge in [0.25, 0.3) is 5.97 Å². The van der Waals surface area contributed by atoms with Crippen LogP contribution in [0.1, 0.15) is 65.2 Å². The number of aliphatic hydroxyl groups is 1. The van der Waals surface area contributed by atoms with Crippen LogP contribution in [0.3, 0.4) is 0 Å². The van der Waals surface area contributed by atoms with Gasteiger partial charge in [-0.05, 0) is 61.9 Å². The number of hydrogen-bond donors (Lipinski definition) is 1. The number of aldehydes is 1. The second-order valence-electron chi connectivity index (χ2n) is 11.8. The molecular weight excluding hydrogens is 412 g/mol. The molecule has 0 aromatic rings.